The predicted octanol–water partition coefficient (Wildman–Crippen LogP) is 1.72. The molecule has 82 valence electrons. The van der Waals surface area contributed by atoms with Crippen LogP contribution in [0.15, 0.2) is 22.9 Å². The fourth-order valence-electron chi connectivity index (χ4n) is 1.70. The Kier molecular flexibility index (Phi) is 4.11. The molecule has 2 rings (SSSR count). The third kappa shape index (κ3) is 3.55. The molecule has 1 aliphatic rings. The number of ether oxygens (including phenoxy) is 1. The average Bonchev–Trinajstić information content (AvgIpc) is 2.28. The lowest BCUT2D eigenvalue weighted by Gasteiger charge is -2.26. The van der Waals surface area contributed by atoms with Crippen LogP contribution < -0.4 is 0 Å². The number of rotatable bonds is 3. The molecule has 4 heteroatoms. The van der Waals surface area contributed by atoms with Gasteiger partial charge in [0, 0.05) is 36.5 Å². The summed E-state index contributed by atoms with van der Waals surface area (Å²) in [4.78, 5) is 6.59. The van der Waals surface area contributed by atoms with E-state index in [0.29, 0.717) is 0 Å². The summed E-state index contributed by atoms with van der Waals surface area (Å²) in [7, 11) is 0. The maximum Gasteiger partial charge on any atom is 0.0594 e. The Labute approximate surface area is 98.6 Å². The van der Waals surface area contributed by atoms with Gasteiger partial charge in [-0.2, -0.15) is 0 Å². The van der Waals surface area contributed by atoms with Crippen LogP contribution in [0.4, 0.5) is 0 Å². The fourth-order valence-corrected chi connectivity index (χ4v) is 2.12. The van der Waals surface area contributed by atoms with Gasteiger partial charge in [0.05, 0.1) is 13.2 Å². The number of hydrogen-bond acceptors (Lipinski definition) is 3. The van der Waals surface area contributed by atoms with Gasteiger partial charge in [-0.15, -0.1) is 0 Å². The highest BCUT2D eigenvalue weighted by Gasteiger charge is 2.09. The molecular formula is C11H15BrN2O. The molecule has 15 heavy (non-hydrogen) atoms. The minimum Gasteiger partial charge on any atom is -0.379 e. The number of nitrogens with zero attached hydrogens (tertiary/aromatic N) is 2. The van der Waals surface area contributed by atoms with Crippen LogP contribution in [0.2, 0.25) is 0 Å². The third-order valence-corrected chi connectivity index (χ3v) is 3.02. The van der Waals surface area contributed by atoms with Crippen molar-refractivity contribution in [2.75, 3.05) is 32.8 Å². The highest BCUT2D eigenvalue weighted by atomic mass is 79.9. The lowest BCUT2D eigenvalue weighted by Crippen LogP contribution is -2.37. The molecule has 0 radical (unpaired) electrons. The zero-order chi connectivity index (χ0) is 10.5. The Balaban J connectivity index is 1.81. The Hall–Kier alpha value is -0.450. The van der Waals surface area contributed by atoms with Gasteiger partial charge in [-0.3, -0.25) is 9.88 Å². The quantitative estimate of drug-likeness (QED) is 0.837. The van der Waals surface area contributed by atoms with Crippen LogP contribution in [-0.2, 0) is 11.2 Å². The van der Waals surface area contributed by atoms with Gasteiger partial charge < -0.3 is 4.74 Å². The van der Waals surface area contributed by atoms with Gasteiger partial charge in [-0.25, -0.2) is 0 Å². The lowest BCUT2D eigenvalue weighted by molar-refractivity contribution is 0.0384. The second kappa shape index (κ2) is 5.58. The molecule has 0 N–H and O–H groups in total. The van der Waals surface area contributed by atoms with Crippen LogP contribution in [0.1, 0.15) is 5.56 Å². The van der Waals surface area contributed by atoms with Crippen molar-refractivity contribution < 1.29 is 4.74 Å². The summed E-state index contributed by atoms with van der Waals surface area (Å²) in [5, 5.41) is 0. The van der Waals surface area contributed by atoms with Crippen molar-refractivity contribution in [2.24, 2.45) is 0 Å². The van der Waals surface area contributed by atoms with Crippen LogP contribution >= 0.6 is 15.9 Å². The molecule has 1 aromatic rings. The molecule has 2 heterocycles. The molecule has 1 aliphatic heterocycles. The van der Waals surface area contributed by atoms with Crippen LogP contribution in [0.3, 0.4) is 0 Å². The van der Waals surface area contributed by atoms with E-state index < -0.39 is 0 Å². The topological polar surface area (TPSA) is 25.4 Å². The molecule has 0 aliphatic carbocycles. The smallest absolute Gasteiger partial charge is 0.0594 e. The van der Waals surface area contributed by atoms with E-state index in [1.165, 1.54) is 5.56 Å². The van der Waals surface area contributed by atoms with Crippen molar-refractivity contribution in [2.45, 2.75) is 6.42 Å². The molecule has 0 unspecified atom stereocenters. The van der Waals surface area contributed by atoms with Crippen LogP contribution in [0.5, 0.6) is 0 Å². The maximum absolute atomic E-state index is 5.31. The van der Waals surface area contributed by atoms with E-state index in [9.17, 15) is 0 Å². The van der Waals surface area contributed by atoms with Gasteiger partial charge in [-0.1, -0.05) is 0 Å². The van der Waals surface area contributed by atoms with Gasteiger partial charge in [0.1, 0.15) is 0 Å². The number of halogens is 1. The minimum atomic E-state index is 0.872. The summed E-state index contributed by atoms with van der Waals surface area (Å²) in [6.45, 7) is 4.96. The van der Waals surface area contributed by atoms with Crippen LogP contribution in [-0.4, -0.2) is 42.7 Å². The Morgan fingerprint density at radius 1 is 1.33 bits per heavy atom. The second-order valence-electron chi connectivity index (χ2n) is 3.72. The summed E-state index contributed by atoms with van der Waals surface area (Å²) in [5.74, 6) is 0. The first-order valence-corrected chi connectivity index (χ1v) is 6.03. The number of morpholine rings is 1. The van der Waals surface area contributed by atoms with Gasteiger partial charge >= 0.3 is 0 Å². The summed E-state index contributed by atoms with van der Waals surface area (Å²) in [6.07, 6.45) is 4.82. The van der Waals surface area contributed by atoms with Gasteiger partial charge in [0.25, 0.3) is 0 Å². The summed E-state index contributed by atoms with van der Waals surface area (Å²) in [6, 6.07) is 2.13. The van der Waals surface area contributed by atoms with Gasteiger partial charge in [0.2, 0.25) is 0 Å². The Morgan fingerprint density at radius 3 is 2.87 bits per heavy atom. The SMILES string of the molecule is Brc1cncc(CCN2CCOCC2)c1. The first-order valence-electron chi connectivity index (χ1n) is 5.24. The van der Waals surface area contributed by atoms with Gasteiger partial charge in [-0.05, 0) is 34.0 Å². The number of hydrogen-bond donors (Lipinski definition) is 0. The number of pyridine rings is 1. The van der Waals surface area contributed by atoms with E-state index in [4.69, 9.17) is 4.74 Å². The molecule has 0 bridgehead atoms. The van der Waals surface area contributed by atoms with Gasteiger partial charge in [0.15, 0.2) is 0 Å². The molecule has 3 nitrogen and oxygen atoms in total. The zero-order valence-corrected chi connectivity index (χ0v) is 10.2. The maximum atomic E-state index is 5.31. The molecule has 1 aromatic heterocycles. The molecule has 0 aromatic carbocycles. The first kappa shape index (κ1) is 11.0. The van der Waals surface area contributed by atoms with Crippen molar-refractivity contribution in [1.82, 2.24) is 9.88 Å². The van der Waals surface area contributed by atoms with Crippen molar-refractivity contribution in [1.29, 1.82) is 0 Å². The molecule has 0 amide bonds. The molecule has 1 saturated heterocycles. The highest BCUT2D eigenvalue weighted by Crippen LogP contribution is 2.10. The molecule has 0 spiro atoms. The van der Waals surface area contributed by atoms with Crippen molar-refractivity contribution in [3.63, 3.8) is 0 Å². The predicted molar refractivity (Wildman–Crippen MR) is 62.9 cm³/mol. The highest BCUT2D eigenvalue weighted by molar-refractivity contribution is 9.10. The largest absolute Gasteiger partial charge is 0.379 e. The van der Waals surface area contributed by atoms with E-state index in [0.717, 1.165) is 43.7 Å². The molecule has 1 fully saturated rings. The summed E-state index contributed by atoms with van der Waals surface area (Å²) < 4.78 is 6.37. The van der Waals surface area contributed by atoms with Crippen LogP contribution in [0, 0.1) is 0 Å². The third-order valence-electron chi connectivity index (χ3n) is 2.58. The van der Waals surface area contributed by atoms with Crippen LogP contribution in [0.25, 0.3) is 0 Å². The molecule has 0 atom stereocenters. The summed E-state index contributed by atoms with van der Waals surface area (Å²) in [5.41, 5.74) is 1.29. The van der Waals surface area contributed by atoms with Crippen molar-refractivity contribution >= 4 is 15.9 Å². The van der Waals surface area contributed by atoms with Crippen molar-refractivity contribution in [3.8, 4) is 0 Å². The first-order chi connectivity index (χ1) is 7.34. The van der Waals surface area contributed by atoms with E-state index in [2.05, 4.69) is 31.9 Å². The standard InChI is InChI=1S/C11H15BrN2O/c12-11-7-10(8-13-9-11)1-2-14-3-5-15-6-4-14/h7-9H,1-6H2. The van der Waals surface area contributed by atoms with E-state index in [1.807, 2.05) is 12.4 Å². The summed E-state index contributed by atoms with van der Waals surface area (Å²) >= 11 is 3.43. The van der Waals surface area contributed by atoms with Crippen molar-refractivity contribution in [3.05, 3.63) is 28.5 Å². The van der Waals surface area contributed by atoms with E-state index in [-0.39, 0.29) is 0 Å². The second-order valence-corrected chi connectivity index (χ2v) is 4.63. The zero-order valence-electron chi connectivity index (χ0n) is 8.66. The molecule has 0 saturated carbocycles. The Morgan fingerprint density at radius 2 is 2.13 bits per heavy atom. The van der Waals surface area contributed by atoms with E-state index in [1.54, 1.807) is 0 Å². The fraction of sp³-hybridized carbons (Fsp3) is 0.545. The average molecular weight is 271 g/mol. The monoisotopic (exact) mass is 270 g/mol. The molecular weight excluding hydrogens is 256 g/mol. The lowest BCUT2D eigenvalue weighted by atomic mass is 10.2. The Bertz CT molecular complexity index is 313. The normalized spacial score (nSPS) is 17.9. The van der Waals surface area contributed by atoms with E-state index >= 15 is 0 Å². The number of aromatic nitrogens is 1. The minimum absolute atomic E-state index is 0.872.